The number of rotatable bonds is 5. The van der Waals surface area contributed by atoms with Crippen molar-refractivity contribution in [2.75, 3.05) is 10.6 Å². The van der Waals surface area contributed by atoms with Crippen molar-refractivity contribution in [3.63, 3.8) is 0 Å². The molecule has 0 fully saturated rings. The smallest absolute Gasteiger partial charge is 0.228 e. The molecule has 5 nitrogen and oxygen atoms in total. The summed E-state index contributed by atoms with van der Waals surface area (Å²) in [5.74, 6) is -0.355. The number of hydrogen-bond acceptors (Lipinski definition) is 3. The Bertz CT molecular complexity index is 893. The fourth-order valence-corrected chi connectivity index (χ4v) is 3.05. The van der Waals surface area contributed by atoms with E-state index in [1.165, 1.54) is 5.56 Å². The van der Waals surface area contributed by atoms with E-state index in [4.69, 9.17) is 0 Å². The molecule has 1 aliphatic heterocycles. The van der Waals surface area contributed by atoms with Gasteiger partial charge in [-0.05, 0) is 46.9 Å². The van der Waals surface area contributed by atoms with Gasteiger partial charge in [0.1, 0.15) is 0 Å². The van der Waals surface area contributed by atoms with Gasteiger partial charge in [0, 0.05) is 29.8 Å². The Labute approximate surface area is 159 Å². The molecular formula is C22H24N2O3. The highest BCUT2D eigenvalue weighted by Gasteiger charge is 2.19. The average molecular weight is 364 g/mol. The molecular weight excluding hydrogens is 340 g/mol. The zero-order valence-corrected chi connectivity index (χ0v) is 15.9. The summed E-state index contributed by atoms with van der Waals surface area (Å²) in [5.41, 5.74) is 4.10. The van der Waals surface area contributed by atoms with E-state index in [0.717, 1.165) is 16.9 Å². The summed E-state index contributed by atoms with van der Waals surface area (Å²) >= 11 is 0. The van der Waals surface area contributed by atoms with E-state index in [9.17, 15) is 14.4 Å². The van der Waals surface area contributed by atoms with Crippen LogP contribution in [0.3, 0.4) is 0 Å². The van der Waals surface area contributed by atoms with Crippen molar-refractivity contribution in [1.29, 1.82) is 0 Å². The third-order valence-electron chi connectivity index (χ3n) is 4.67. The van der Waals surface area contributed by atoms with Crippen molar-refractivity contribution in [1.82, 2.24) is 0 Å². The Morgan fingerprint density at radius 3 is 2.41 bits per heavy atom. The van der Waals surface area contributed by atoms with E-state index in [-0.39, 0.29) is 35.9 Å². The number of benzene rings is 2. The number of anilines is 2. The van der Waals surface area contributed by atoms with Crippen LogP contribution in [0.2, 0.25) is 0 Å². The van der Waals surface area contributed by atoms with Gasteiger partial charge >= 0.3 is 0 Å². The molecule has 0 saturated carbocycles. The molecule has 0 spiro atoms. The molecule has 27 heavy (non-hydrogen) atoms. The first-order chi connectivity index (χ1) is 12.7. The fourth-order valence-electron chi connectivity index (χ4n) is 3.05. The van der Waals surface area contributed by atoms with E-state index >= 15 is 0 Å². The Balaban J connectivity index is 1.54. The van der Waals surface area contributed by atoms with Crippen molar-refractivity contribution in [2.24, 2.45) is 0 Å². The molecule has 1 aliphatic rings. The van der Waals surface area contributed by atoms with E-state index in [0.29, 0.717) is 12.0 Å². The molecule has 140 valence electrons. The molecule has 3 rings (SSSR count). The Morgan fingerprint density at radius 2 is 1.74 bits per heavy atom. The Hall–Kier alpha value is -2.95. The lowest BCUT2D eigenvalue weighted by molar-refractivity contribution is -0.116. The van der Waals surface area contributed by atoms with Crippen molar-refractivity contribution in [3.8, 4) is 0 Å². The van der Waals surface area contributed by atoms with Gasteiger partial charge in [0.25, 0.3) is 0 Å². The molecule has 0 aliphatic carbocycles. The minimum atomic E-state index is -0.190. The van der Waals surface area contributed by atoms with Gasteiger partial charge in [0.05, 0.1) is 6.42 Å². The molecule has 0 atom stereocenters. The molecule has 0 saturated heterocycles. The molecule has 2 aromatic carbocycles. The summed E-state index contributed by atoms with van der Waals surface area (Å²) in [5, 5.41) is 5.57. The van der Waals surface area contributed by atoms with E-state index in [2.05, 4.69) is 31.4 Å². The third kappa shape index (κ3) is 4.61. The van der Waals surface area contributed by atoms with Crippen LogP contribution in [-0.2, 0) is 21.4 Å². The summed E-state index contributed by atoms with van der Waals surface area (Å²) in [6, 6.07) is 12.9. The lowest BCUT2D eigenvalue weighted by atomic mass is 9.87. The maximum Gasteiger partial charge on any atom is 0.228 e. The number of fused-ring (bicyclic) bond motifs is 1. The second-order valence-corrected chi connectivity index (χ2v) is 7.90. The van der Waals surface area contributed by atoms with Crippen molar-refractivity contribution in [3.05, 3.63) is 59.2 Å². The molecule has 0 unspecified atom stereocenters. The number of amides is 2. The van der Waals surface area contributed by atoms with Gasteiger partial charge in [0.15, 0.2) is 5.78 Å². The van der Waals surface area contributed by atoms with Crippen LogP contribution in [0.25, 0.3) is 0 Å². The number of carbonyl (C=O) groups excluding carboxylic acids is 3. The lowest BCUT2D eigenvalue weighted by Crippen LogP contribution is -2.14. The van der Waals surface area contributed by atoms with Crippen LogP contribution in [0.1, 0.15) is 55.1 Å². The van der Waals surface area contributed by atoms with Crippen LogP contribution in [0.4, 0.5) is 11.4 Å². The summed E-state index contributed by atoms with van der Waals surface area (Å²) < 4.78 is 0. The zero-order chi connectivity index (χ0) is 19.6. The number of nitrogens with one attached hydrogen (secondary N) is 2. The van der Waals surface area contributed by atoms with Crippen LogP contribution in [0, 0.1) is 0 Å². The minimum Gasteiger partial charge on any atom is -0.326 e. The summed E-state index contributed by atoms with van der Waals surface area (Å²) in [4.78, 5) is 35.9. The largest absolute Gasteiger partial charge is 0.326 e. The lowest BCUT2D eigenvalue weighted by Gasteiger charge is -2.19. The van der Waals surface area contributed by atoms with Crippen molar-refractivity contribution >= 4 is 29.0 Å². The fraction of sp³-hybridized carbons (Fsp3) is 0.318. The van der Waals surface area contributed by atoms with Crippen molar-refractivity contribution < 1.29 is 14.4 Å². The summed E-state index contributed by atoms with van der Waals surface area (Å²) in [6.07, 6.45) is 0.543. The van der Waals surface area contributed by atoms with Gasteiger partial charge in [-0.3, -0.25) is 14.4 Å². The Kier molecular flexibility index (Phi) is 5.13. The molecule has 0 aromatic heterocycles. The summed E-state index contributed by atoms with van der Waals surface area (Å²) in [6.45, 7) is 6.41. The van der Waals surface area contributed by atoms with Crippen LogP contribution in [-0.4, -0.2) is 17.6 Å². The number of hydrogen-bond donors (Lipinski definition) is 2. The first-order valence-corrected chi connectivity index (χ1v) is 9.09. The highest BCUT2D eigenvalue weighted by molar-refractivity contribution is 6.03. The first-order valence-electron chi connectivity index (χ1n) is 9.09. The topological polar surface area (TPSA) is 75.3 Å². The van der Waals surface area contributed by atoms with Crippen LogP contribution in [0.5, 0.6) is 0 Å². The maximum absolute atomic E-state index is 12.4. The molecule has 2 amide bonds. The number of Topliss-reactive ketones (excluding diaryl/α,β-unsaturated/α-hetero) is 1. The van der Waals surface area contributed by atoms with Gasteiger partial charge in [-0.1, -0.05) is 32.9 Å². The van der Waals surface area contributed by atoms with Gasteiger partial charge in [-0.15, -0.1) is 0 Å². The predicted molar refractivity (Wildman–Crippen MR) is 106 cm³/mol. The monoisotopic (exact) mass is 364 g/mol. The first kappa shape index (κ1) is 18.8. The van der Waals surface area contributed by atoms with E-state index < -0.39 is 0 Å². The molecule has 2 N–H and O–H groups in total. The molecule has 1 heterocycles. The molecule has 2 aromatic rings. The second kappa shape index (κ2) is 7.35. The van der Waals surface area contributed by atoms with Crippen LogP contribution < -0.4 is 10.6 Å². The van der Waals surface area contributed by atoms with Crippen LogP contribution >= 0.6 is 0 Å². The van der Waals surface area contributed by atoms with Gasteiger partial charge in [0.2, 0.25) is 11.8 Å². The highest BCUT2D eigenvalue weighted by atomic mass is 16.2. The number of ketones is 1. The van der Waals surface area contributed by atoms with Crippen molar-refractivity contribution in [2.45, 2.75) is 45.4 Å². The normalized spacial score (nSPS) is 13.1. The second-order valence-electron chi connectivity index (χ2n) is 7.90. The highest BCUT2D eigenvalue weighted by Crippen LogP contribution is 2.25. The van der Waals surface area contributed by atoms with E-state index in [1.54, 1.807) is 18.2 Å². The minimum absolute atomic E-state index is 0.0605. The Morgan fingerprint density at radius 1 is 1.04 bits per heavy atom. The molecule has 5 heteroatoms. The SMILES string of the molecule is CC(C)(C)c1ccc(NC(=O)CCC(=O)c2ccc3c(c2)CC(=O)N3)cc1. The van der Waals surface area contributed by atoms with E-state index in [1.807, 2.05) is 24.3 Å². The van der Waals surface area contributed by atoms with Crippen LogP contribution in [0.15, 0.2) is 42.5 Å². The molecule has 0 bridgehead atoms. The quantitative estimate of drug-likeness (QED) is 0.785. The standard InChI is InChI=1S/C22H24N2O3/c1-22(2,3)16-5-7-17(8-6-16)23-20(26)11-10-19(25)14-4-9-18-15(12-14)13-21(27)24-18/h4-9,12H,10-11,13H2,1-3H3,(H,23,26)(H,24,27). The maximum atomic E-state index is 12.4. The number of carbonyl (C=O) groups is 3. The predicted octanol–water partition coefficient (Wildman–Crippen LogP) is 4.08. The van der Waals surface area contributed by atoms with Gasteiger partial charge < -0.3 is 10.6 Å². The third-order valence-corrected chi connectivity index (χ3v) is 4.67. The summed E-state index contributed by atoms with van der Waals surface area (Å²) in [7, 11) is 0. The average Bonchev–Trinajstić information content (AvgIpc) is 2.98. The zero-order valence-electron chi connectivity index (χ0n) is 15.9. The van der Waals surface area contributed by atoms with Gasteiger partial charge in [-0.25, -0.2) is 0 Å². The van der Waals surface area contributed by atoms with Gasteiger partial charge in [-0.2, -0.15) is 0 Å². The molecule has 0 radical (unpaired) electrons.